The van der Waals surface area contributed by atoms with Crippen LogP contribution in [0.1, 0.15) is 11.1 Å². The van der Waals surface area contributed by atoms with Gasteiger partial charge in [0.1, 0.15) is 11.6 Å². The highest BCUT2D eigenvalue weighted by molar-refractivity contribution is 7.99. The Bertz CT molecular complexity index is 1320. The third-order valence-electron chi connectivity index (χ3n) is 5.57. The van der Waals surface area contributed by atoms with Gasteiger partial charge >= 0.3 is 0 Å². The fourth-order valence-electron chi connectivity index (χ4n) is 3.84. The number of hydrogen-bond donors (Lipinski definition) is 0. The molecule has 0 aromatic heterocycles. The third-order valence-corrected chi connectivity index (χ3v) is 8.81. The number of benzene rings is 5. The molecule has 0 heterocycles. The van der Waals surface area contributed by atoms with Crippen LogP contribution in [-0.4, -0.2) is 0 Å². The predicted octanol–water partition coefficient (Wildman–Crippen LogP) is 8.80. The van der Waals surface area contributed by atoms with E-state index in [0.29, 0.717) is 0 Å². The number of hydrogen-bond acceptors (Lipinski definition) is 1. The molecule has 5 aromatic rings. The standard InChI is InChI=1S/C31H23F2S2/c32-25-8-16-29(17-9-25)35(30-18-10-26(33)11-19-30)31-20-14-28(15-21-31)34-27-12-6-24(7-13-27)22-23-4-2-1-3-5-23/h1-21H,22H2/q+1. The molecule has 0 unspecified atom stereocenters. The van der Waals surface area contributed by atoms with Crippen LogP contribution in [0.15, 0.2) is 152 Å². The van der Waals surface area contributed by atoms with Crippen molar-refractivity contribution in [1.82, 2.24) is 0 Å². The van der Waals surface area contributed by atoms with Crippen molar-refractivity contribution in [1.29, 1.82) is 0 Å². The van der Waals surface area contributed by atoms with Crippen molar-refractivity contribution in [3.63, 3.8) is 0 Å². The summed E-state index contributed by atoms with van der Waals surface area (Å²) in [6, 6.07) is 40.8. The van der Waals surface area contributed by atoms with Gasteiger partial charge in [0, 0.05) is 9.79 Å². The van der Waals surface area contributed by atoms with Crippen LogP contribution in [0.5, 0.6) is 0 Å². The van der Waals surface area contributed by atoms with E-state index < -0.39 is 10.9 Å². The van der Waals surface area contributed by atoms with E-state index in [1.165, 1.54) is 40.3 Å². The number of halogens is 2. The maximum Gasteiger partial charge on any atom is 0.166 e. The van der Waals surface area contributed by atoms with Crippen LogP contribution in [0.2, 0.25) is 0 Å². The molecule has 0 aliphatic heterocycles. The van der Waals surface area contributed by atoms with Crippen molar-refractivity contribution in [2.45, 2.75) is 30.9 Å². The molecule has 5 rings (SSSR count). The Morgan fingerprint density at radius 3 is 1.34 bits per heavy atom. The second-order valence-corrected chi connectivity index (χ2v) is 11.3. The lowest BCUT2D eigenvalue weighted by Crippen LogP contribution is -2.05. The van der Waals surface area contributed by atoms with Crippen LogP contribution in [0.3, 0.4) is 0 Å². The van der Waals surface area contributed by atoms with Gasteiger partial charge in [0.2, 0.25) is 0 Å². The van der Waals surface area contributed by atoms with Gasteiger partial charge in [0.15, 0.2) is 14.7 Å². The minimum Gasteiger partial charge on any atom is -0.207 e. The van der Waals surface area contributed by atoms with Crippen LogP contribution in [0.25, 0.3) is 0 Å². The zero-order chi connectivity index (χ0) is 24.0. The molecular formula is C31H23F2S2+. The highest BCUT2D eigenvalue weighted by Crippen LogP contribution is 2.34. The third kappa shape index (κ3) is 6.02. The molecule has 5 aromatic carbocycles. The summed E-state index contributed by atoms with van der Waals surface area (Å²) >= 11 is 1.72. The summed E-state index contributed by atoms with van der Waals surface area (Å²) in [6.07, 6.45) is 0.926. The highest BCUT2D eigenvalue weighted by atomic mass is 32.2. The zero-order valence-electron chi connectivity index (χ0n) is 18.9. The van der Waals surface area contributed by atoms with Crippen molar-refractivity contribution in [2.75, 3.05) is 0 Å². The van der Waals surface area contributed by atoms with Crippen LogP contribution in [0.4, 0.5) is 8.78 Å². The summed E-state index contributed by atoms with van der Waals surface area (Å²) in [5, 5.41) is 0. The Balaban J connectivity index is 1.34. The molecule has 0 atom stereocenters. The summed E-state index contributed by atoms with van der Waals surface area (Å²) in [5.74, 6) is -0.532. The molecule has 0 radical (unpaired) electrons. The van der Waals surface area contributed by atoms with Crippen LogP contribution in [0, 0.1) is 11.6 Å². The topological polar surface area (TPSA) is 0 Å². The van der Waals surface area contributed by atoms with Gasteiger partial charge in [-0.3, -0.25) is 0 Å². The minimum atomic E-state index is -0.451. The largest absolute Gasteiger partial charge is 0.207 e. The Morgan fingerprint density at radius 1 is 0.457 bits per heavy atom. The van der Waals surface area contributed by atoms with Gasteiger partial charge in [0.05, 0.1) is 10.9 Å². The summed E-state index contributed by atoms with van der Waals surface area (Å²) in [4.78, 5) is 5.42. The molecule has 0 nitrogen and oxygen atoms in total. The molecule has 0 fully saturated rings. The van der Waals surface area contributed by atoms with Crippen molar-refractivity contribution in [2.24, 2.45) is 0 Å². The Hall–Kier alpha value is -3.34. The zero-order valence-corrected chi connectivity index (χ0v) is 20.5. The fourth-order valence-corrected chi connectivity index (χ4v) is 6.69. The van der Waals surface area contributed by atoms with Crippen molar-refractivity contribution in [3.8, 4) is 0 Å². The molecule has 0 spiro atoms. The normalized spacial score (nSPS) is 11.1. The molecule has 0 amide bonds. The van der Waals surface area contributed by atoms with E-state index in [0.717, 1.165) is 26.0 Å². The first-order valence-corrected chi connectivity index (χ1v) is 13.3. The van der Waals surface area contributed by atoms with Gasteiger partial charge in [-0.1, -0.05) is 54.2 Å². The lowest BCUT2D eigenvalue weighted by Gasteiger charge is -2.09. The van der Waals surface area contributed by atoms with E-state index in [4.69, 9.17) is 0 Å². The molecule has 0 aliphatic rings. The van der Waals surface area contributed by atoms with Crippen molar-refractivity contribution >= 4 is 22.7 Å². The van der Waals surface area contributed by atoms with E-state index in [1.54, 1.807) is 11.8 Å². The molecule has 4 heteroatoms. The molecule has 35 heavy (non-hydrogen) atoms. The summed E-state index contributed by atoms with van der Waals surface area (Å²) < 4.78 is 27.1. The van der Waals surface area contributed by atoms with Crippen LogP contribution in [-0.2, 0) is 17.3 Å². The molecule has 172 valence electrons. The molecule has 0 saturated carbocycles. The van der Waals surface area contributed by atoms with Gasteiger partial charge in [0.25, 0.3) is 0 Å². The second-order valence-electron chi connectivity index (χ2n) is 8.09. The Morgan fingerprint density at radius 2 is 0.857 bits per heavy atom. The lowest BCUT2D eigenvalue weighted by atomic mass is 10.1. The number of rotatable bonds is 7. The average Bonchev–Trinajstić information content (AvgIpc) is 2.89. The highest BCUT2D eigenvalue weighted by Gasteiger charge is 2.28. The molecule has 0 aliphatic carbocycles. The SMILES string of the molecule is Fc1ccc([S+](c2ccc(F)cc2)c2ccc(Sc3ccc(Cc4ccccc4)cc3)cc2)cc1. The van der Waals surface area contributed by atoms with Crippen LogP contribution < -0.4 is 0 Å². The maximum atomic E-state index is 13.6. The summed E-state index contributed by atoms with van der Waals surface area (Å²) in [7, 11) is -0.451. The van der Waals surface area contributed by atoms with Crippen molar-refractivity contribution in [3.05, 3.63) is 150 Å². The lowest BCUT2D eigenvalue weighted by molar-refractivity contribution is 0.626. The fraction of sp³-hybridized carbons (Fsp3) is 0.0323. The average molecular weight is 498 g/mol. The van der Waals surface area contributed by atoms with Crippen LogP contribution >= 0.6 is 11.8 Å². The molecular weight excluding hydrogens is 474 g/mol. The van der Waals surface area contributed by atoms with E-state index in [1.807, 2.05) is 30.3 Å². The van der Waals surface area contributed by atoms with Gasteiger partial charge in [-0.25, -0.2) is 8.78 Å². The van der Waals surface area contributed by atoms with E-state index in [2.05, 4.69) is 72.8 Å². The quantitative estimate of drug-likeness (QED) is 0.202. The van der Waals surface area contributed by atoms with E-state index in [-0.39, 0.29) is 11.6 Å². The smallest absolute Gasteiger partial charge is 0.166 e. The molecule has 0 N–H and O–H groups in total. The van der Waals surface area contributed by atoms with Crippen molar-refractivity contribution < 1.29 is 8.78 Å². The summed E-state index contributed by atoms with van der Waals surface area (Å²) in [5.41, 5.74) is 2.60. The van der Waals surface area contributed by atoms with E-state index >= 15 is 0 Å². The Labute approximate surface area is 212 Å². The first-order valence-electron chi connectivity index (χ1n) is 11.3. The van der Waals surface area contributed by atoms with E-state index in [9.17, 15) is 8.78 Å². The predicted molar refractivity (Wildman–Crippen MR) is 141 cm³/mol. The molecule has 0 bridgehead atoms. The minimum absolute atomic E-state index is 0.266. The first-order chi connectivity index (χ1) is 17.1. The van der Waals surface area contributed by atoms with Gasteiger partial charge in [-0.2, -0.15) is 0 Å². The van der Waals surface area contributed by atoms with Gasteiger partial charge in [-0.15, -0.1) is 0 Å². The monoisotopic (exact) mass is 497 g/mol. The summed E-state index contributed by atoms with van der Waals surface area (Å²) in [6.45, 7) is 0. The molecule has 0 saturated heterocycles. The van der Waals surface area contributed by atoms with Gasteiger partial charge in [-0.05, 0) is 102 Å². The van der Waals surface area contributed by atoms with Gasteiger partial charge < -0.3 is 0 Å². The maximum absolute atomic E-state index is 13.6. The Kier molecular flexibility index (Phi) is 7.31. The first kappa shape index (κ1) is 23.4. The second kappa shape index (κ2) is 10.9.